The predicted octanol–water partition coefficient (Wildman–Crippen LogP) is 2.50. The molecule has 0 saturated carbocycles. The van der Waals surface area contributed by atoms with E-state index in [-0.39, 0.29) is 30.3 Å². The summed E-state index contributed by atoms with van der Waals surface area (Å²) in [4.78, 5) is 11.9. The summed E-state index contributed by atoms with van der Waals surface area (Å²) in [6.45, 7) is 6.98. The summed E-state index contributed by atoms with van der Waals surface area (Å²) < 4.78 is 5.59. The van der Waals surface area contributed by atoms with Gasteiger partial charge in [-0.15, -0.1) is 12.4 Å². The Labute approximate surface area is 133 Å². The molecule has 0 heterocycles. The molecule has 21 heavy (non-hydrogen) atoms. The topological polar surface area (TPSA) is 64.4 Å². The van der Waals surface area contributed by atoms with Crippen LogP contribution in [0.25, 0.3) is 0 Å². The van der Waals surface area contributed by atoms with Crippen LogP contribution in [0, 0.1) is 5.92 Å². The van der Waals surface area contributed by atoms with E-state index in [0.29, 0.717) is 13.2 Å². The van der Waals surface area contributed by atoms with Crippen LogP contribution in [0.2, 0.25) is 0 Å². The Morgan fingerprint density at radius 3 is 2.48 bits per heavy atom. The number of ether oxygens (including phenoxy) is 1. The smallest absolute Gasteiger partial charge is 0.237 e. The molecule has 1 aromatic rings. The van der Waals surface area contributed by atoms with Crippen molar-refractivity contribution in [2.75, 3.05) is 6.61 Å². The number of benzene rings is 1. The van der Waals surface area contributed by atoms with Gasteiger partial charge in [0.1, 0.15) is 0 Å². The molecule has 1 aromatic carbocycles. The summed E-state index contributed by atoms with van der Waals surface area (Å²) in [6, 6.07) is 9.48. The van der Waals surface area contributed by atoms with Crippen molar-refractivity contribution in [3.8, 4) is 0 Å². The lowest BCUT2D eigenvalue weighted by molar-refractivity contribution is -0.124. The first-order chi connectivity index (χ1) is 9.54. The predicted molar refractivity (Wildman–Crippen MR) is 88.4 cm³/mol. The average Bonchev–Trinajstić information content (AvgIpc) is 2.46. The van der Waals surface area contributed by atoms with E-state index in [1.807, 2.05) is 51.1 Å². The van der Waals surface area contributed by atoms with Crippen LogP contribution in [0.4, 0.5) is 0 Å². The zero-order valence-corrected chi connectivity index (χ0v) is 13.9. The molecule has 3 N–H and O–H groups in total. The van der Waals surface area contributed by atoms with E-state index in [2.05, 4.69) is 5.32 Å². The molecule has 0 fully saturated rings. The number of amides is 1. The van der Waals surface area contributed by atoms with Gasteiger partial charge in [-0.3, -0.25) is 4.79 Å². The summed E-state index contributed by atoms with van der Waals surface area (Å²) in [6.07, 6.45) is 0.896. The van der Waals surface area contributed by atoms with E-state index in [9.17, 15) is 4.79 Å². The van der Waals surface area contributed by atoms with Gasteiger partial charge in [0.05, 0.1) is 19.3 Å². The lowest BCUT2D eigenvalue weighted by Gasteiger charge is -2.21. The van der Waals surface area contributed by atoms with Crippen LogP contribution < -0.4 is 11.1 Å². The molecule has 0 saturated heterocycles. The Morgan fingerprint density at radius 2 is 1.90 bits per heavy atom. The number of nitrogens with one attached hydrogen (secondary N) is 1. The summed E-state index contributed by atoms with van der Waals surface area (Å²) in [5.74, 6) is 0.0857. The maximum atomic E-state index is 11.9. The van der Waals surface area contributed by atoms with E-state index in [1.165, 1.54) is 0 Å². The van der Waals surface area contributed by atoms with Gasteiger partial charge in [0.25, 0.3) is 0 Å². The van der Waals surface area contributed by atoms with Crippen molar-refractivity contribution in [1.82, 2.24) is 5.32 Å². The molecule has 0 spiro atoms. The summed E-state index contributed by atoms with van der Waals surface area (Å²) in [7, 11) is 0. The number of rotatable bonds is 8. The van der Waals surface area contributed by atoms with E-state index in [0.717, 1.165) is 12.0 Å². The van der Waals surface area contributed by atoms with Gasteiger partial charge in [0.15, 0.2) is 0 Å². The molecule has 0 bridgehead atoms. The molecular formula is C16H27ClN2O2. The third-order valence-corrected chi connectivity index (χ3v) is 3.43. The van der Waals surface area contributed by atoms with Crippen LogP contribution in [0.3, 0.4) is 0 Å². The molecule has 120 valence electrons. The SMILES string of the molecule is CCC(C)C(N)C(=O)NC(C)COCc1ccccc1.Cl. The Kier molecular flexibility index (Phi) is 10.0. The van der Waals surface area contributed by atoms with Crippen LogP contribution in [-0.4, -0.2) is 24.6 Å². The number of carbonyl (C=O) groups is 1. The summed E-state index contributed by atoms with van der Waals surface area (Å²) in [5.41, 5.74) is 7.01. The quantitative estimate of drug-likeness (QED) is 0.775. The fourth-order valence-corrected chi connectivity index (χ4v) is 1.82. The monoisotopic (exact) mass is 314 g/mol. The number of nitrogens with two attached hydrogens (primary N) is 1. The maximum Gasteiger partial charge on any atom is 0.237 e. The van der Waals surface area contributed by atoms with Crippen molar-refractivity contribution < 1.29 is 9.53 Å². The minimum absolute atomic E-state index is 0. The second kappa shape index (κ2) is 10.6. The third-order valence-electron chi connectivity index (χ3n) is 3.43. The molecule has 4 nitrogen and oxygen atoms in total. The van der Waals surface area contributed by atoms with E-state index in [1.54, 1.807) is 0 Å². The summed E-state index contributed by atoms with van der Waals surface area (Å²) >= 11 is 0. The second-order valence-corrected chi connectivity index (χ2v) is 5.32. The molecule has 0 aliphatic carbocycles. The Morgan fingerprint density at radius 1 is 1.29 bits per heavy atom. The lowest BCUT2D eigenvalue weighted by Crippen LogP contribution is -2.48. The third kappa shape index (κ3) is 7.46. The van der Waals surface area contributed by atoms with Crippen LogP contribution in [-0.2, 0) is 16.1 Å². The first kappa shape index (κ1) is 19.9. The molecule has 1 amide bonds. The average molecular weight is 315 g/mol. The first-order valence-corrected chi connectivity index (χ1v) is 7.22. The number of halogens is 1. The zero-order chi connectivity index (χ0) is 15.0. The van der Waals surface area contributed by atoms with Crippen molar-refractivity contribution in [1.29, 1.82) is 0 Å². The zero-order valence-electron chi connectivity index (χ0n) is 13.0. The van der Waals surface area contributed by atoms with Crippen LogP contribution in [0.5, 0.6) is 0 Å². The molecule has 3 unspecified atom stereocenters. The van der Waals surface area contributed by atoms with Crippen molar-refractivity contribution >= 4 is 18.3 Å². The van der Waals surface area contributed by atoms with Crippen molar-refractivity contribution in [2.24, 2.45) is 11.7 Å². The number of hydrogen-bond donors (Lipinski definition) is 2. The van der Waals surface area contributed by atoms with Crippen molar-refractivity contribution in [2.45, 2.75) is 45.9 Å². The first-order valence-electron chi connectivity index (χ1n) is 7.22. The molecule has 0 aliphatic rings. The number of hydrogen-bond acceptors (Lipinski definition) is 3. The molecular weight excluding hydrogens is 288 g/mol. The molecule has 0 aliphatic heterocycles. The highest BCUT2D eigenvalue weighted by Gasteiger charge is 2.20. The normalized spacial score (nSPS) is 14.7. The van der Waals surface area contributed by atoms with E-state index < -0.39 is 6.04 Å². The van der Waals surface area contributed by atoms with Gasteiger partial charge in [0, 0.05) is 6.04 Å². The highest BCUT2D eigenvalue weighted by atomic mass is 35.5. The minimum atomic E-state index is -0.448. The van der Waals surface area contributed by atoms with Crippen molar-refractivity contribution in [3.63, 3.8) is 0 Å². The van der Waals surface area contributed by atoms with Gasteiger partial charge in [-0.1, -0.05) is 50.6 Å². The lowest BCUT2D eigenvalue weighted by atomic mass is 9.99. The van der Waals surface area contributed by atoms with Crippen LogP contribution in [0.15, 0.2) is 30.3 Å². The molecule has 3 atom stereocenters. The van der Waals surface area contributed by atoms with Gasteiger partial charge in [-0.2, -0.15) is 0 Å². The molecule has 0 aromatic heterocycles. The maximum absolute atomic E-state index is 11.9. The fourth-order valence-electron chi connectivity index (χ4n) is 1.82. The van der Waals surface area contributed by atoms with Gasteiger partial charge in [-0.25, -0.2) is 0 Å². The van der Waals surface area contributed by atoms with Crippen LogP contribution >= 0.6 is 12.4 Å². The molecule has 0 radical (unpaired) electrons. The second-order valence-electron chi connectivity index (χ2n) is 5.32. The van der Waals surface area contributed by atoms with Gasteiger partial charge in [-0.05, 0) is 18.4 Å². The highest BCUT2D eigenvalue weighted by Crippen LogP contribution is 2.06. The fraction of sp³-hybridized carbons (Fsp3) is 0.562. The van der Waals surface area contributed by atoms with Gasteiger partial charge in [0.2, 0.25) is 5.91 Å². The summed E-state index contributed by atoms with van der Waals surface area (Å²) in [5, 5.41) is 2.89. The highest BCUT2D eigenvalue weighted by molar-refractivity contribution is 5.85. The van der Waals surface area contributed by atoms with Crippen molar-refractivity contribution in [3.05, 3.63) is 35.9 Å². The number of carbonyl (C=O) groups excluding carboxylic acids is 1. The van der Waals surface area contributed by atoms with E-state index >= 15 is 0 Å². The Balaban J connectivity index is 0.00000400. The molecule has 5 heteroatoms. The van der Waals surface area contributed by atoms with Crippen LogP contribution in [0.1, 0.15) is 32.8 Å². The Bertz CT molecular complexity index is 401. The van der Waals surface area contributed by atoms with Gasteiger partial charge >= 0.3 is 0 Å². The molecule has 1 rings (SSSR count). The van der Waals surface area contributed by atoms with Gasteiger partial charge < -0.3 is 15.8 Å². The van der Waals surface area contributed by atoms with E-state index in [4.69, 9.17) is 10.5 Å². The standard InChI is InChI=1S/C16H26N2O2.ClH/c1-4-12(2)15(17)16(19)18-13(3)10-20-11-14-8-6-5-7-9-14;/h5-9,12-13,15H,4,10-11,17H2,1-3H3,(H,18,19);1H. The largest absolute Gasteiger partial charge is 0.375 e. The Hall–Kier alpha value is -1.10. The minimum Gasteiger partial charge on any atom is -0.375 e.